The highest BCUT2D eigenvalue weighted by molar-refractivity contribution is 5.96. The molecule has 0 unspecified atom stereocenters. The molecule has 82 valence electrons. The van der Waals surface area contributed by atoms with Gasteiger partial charge in [0.15, 0.2) is 0 Å². The summed E-state index contributed by atoms with van der Waals surface area (Å²) in [6.45, 7) is -0.901. The number of hydrogen-bond acceptors (Lipinski definition) is 4. The van der Waals surface area contributed by atoms with Gasteiger partial charge in [-0.2, -0.15) is 5.10 Å². The highest BCUT2D eigenvalue weighted by Gasteiger charge is 2.27. The number of aromatic amines is 1. The Morgan fingerprint density at radius 1 is 1.80 bits per heavy atom. The second-order valence-electron chi connectivity index (χ2n) is 2.86. The summed E-state index contributed by atoms with van der Waals surface area (Å²) in [5.74, 6) is -1.07. The second-order valence-corrected chi connectivity index (χ2v) is 2.86. The summed E-state index contributed by atoms with van der Waals surface area (Å²) < 4.78 is 20.6. The predicted octanol–water partition coefficient (Wildman–Crippen LogP) is 0.630. The molecular formula is C8H12N4O3. The van der Waals surface area contributed by atoms with Crippen molar-refractivity contribution in [1.29, 1.82) is 0 Å². The van der Waals surface area contributed by atoms with E-state index in [4.69, 9.17) is 4.11 Å². The van der Waals surface area contributed by atoms with Crippen LogP contribution in [-0.2, 0) is 6.42 Å². The average molecular weight is 215 g/mol. The van der Waals surface area contributed by atoms with Crippen LogP contribution in [0.5, 0.6) is 0 Å². The molecule has 1 aromatic heterocycles. The van der Waals surface area contributed by atoms with E-state index in [-0.39, 0.29) is 5.69 Å². The average Bonchev–Trinajstić information content (AvgIpc) is 2.59. The van der Waals surface area contributed by atoms with Crippen molar-refractivity contribution < 1.29 is 13.8 Å². The van der Waals surface area contributed by atoms with Crippen molar-refractivity contribution in [2.24, 2.45) is 0 Å². The molecule has 0 saturated carbocycles. The van der Waals surface area contributed by atoms with E-state index in [0.29, 0.717) is 12.8 Å². The fourth-order valence-corrected chi connectivity index (χ4v) is 1.20. The number of aryl methyl sites for hydroxylation is 1. The first-order valence-corrected chi connectivity index (χ1v) is 4.30. The van der Waals surface area contributed by atoms with Crippen molar-refractivity contribution in [2.45, 2.75) is 19.8 Å². The number of hydrogen-bond donors (Lipinski definition) is 2. The first-order valence-electron chi connectivity index (χ1n) is 5.80. The normalized spacial score (nSPS) is 13.8. The van der Waals surface area contributed by atoms with E-state index in [1.807, 2.05) is 0 Å². The molecule has 0 spiro atoms. The molecule has 0 fully saturated rings. The SMILES string of the molecule is [2H]C([2H])([2H])NC(=O)c1[nH]nc(CCC)c1[N+](=O)[O-]. The minimum absolute atomic E-state index is 0.137. The molecule has 15 heavy (non-hydrogen) atoms. The Labute approximate surface area is 90.2 Å². The van der Waals surface area contributed by atoms with Crippen molar-refractivity contribution in [1.82, 2.24) is 15.5 Å². The standard InChI is InChI=1S/C8H12N4O3/c1-3-4-5-7(12(14)15)6(11-10-5)8(13)9-2/h3-4H2,1-2H3,(H,9,13)(H,10,11)/i2D3. The number of H-pyrrole nitrogens is 1. The van der Waals surface area contributed by atoms with Crippen LogP contribution in [0.3, 0.4) is 0 Å². The van der Waals surface area contributed by atoms with E-state index in [1.165, 1.54) is 0 Å². The van der Waals surface area contributed by atoms with E-state index in [0.717, 1.165) is 0 Å². The van der Waals surface area contributed by atoms with Gasteiger partial charge < -0.3 is 5.32 Å². The third-order valence-corrected chi connectivity index (χ3v) is 1.82. The van der Waals surface area contributed by atoms with E-state index < -0.39 is 29.2 Å². The van der Waals surface area contributed by atoms with Crippen LogP contribution in [0.25, 0.3) is 0 Å². The fourth-order valence-electron chi connectivity index (χ4n) is 1.20. The largest absolute Gasteiger partial charge is 0.354 e. The molecule has 1 aromatic rings. The summed E-state index contributed by atoms with van der Waals surface area (Å²) in [6, 6.07) is 0. The zero-order valence-electron chi connectivity index (χ0n) is 11.0. The molecule has 1 amide bonds. The molecule has 7 nitrogen and oxygen atoms in total. The lowest BCUT2D eigenvalue weighted by Gasteiger charge is -1.95. The van der Waals surface area contributed by atoms with Gasteiger partial charge in [0, 0.05) is 11.1 Å². The van der Waals surface area contributed by atoms with Crippen LogP contribution in [0.2, 0.25) is 0 Å². The first-order chi connectivity index (χ1) is 8.26. The second kappa shape index (κ2) is 4.54. The first kappa shape index (κ1) is 7.38. The highest BCUT2D eigenvalue weighted by Crippen LogP contribution is 2.21. The van der Waals surface area contributed by atoms with Gasteiger partial charge in [-0.3, -0.25) is 20.0 Å². The van der Waals surface area contributed by atoms with Crippen LogP contribution in [0.15, 0.2) is 0 Å². The molecule has 7 heteroatoms. The maximum absolute atomic E-state index is 11.6. The van der Waals surface area contributed by atoms with Gasteiger partial charge in [-0.1, -0.05) is 13.3 Å². The zero-order chi connectivity index (χ0) is 13.9. The number of rotatable bonds is 4. The van der Waals surface area contributed by atoms with E-state index in [2.05, 4.69) is 10.2 Å². The van der Waals surface area contributed by atoms with Gasteiger partial charge in [-0.25, -0.2) is 0 Å². The summed E-state index contributed by atoms with van der Waals surface area (Å²) >= 11 is 0. The molecule has 1 heterocycles. The molecule has 0 radical (unpaired) electrons. The Hall–Kier alpha value is -1.92. The van der Waals surface area contributed by atoms with E-state index in [1.54, 1.807) is 12.2 Å². The Morgan fingerprint density at radius 3 is 3.07 bits per heavy atom. The number of amides is 1. The summed E-state index contributed by atoms with van der Waals surface area (Å²) in [5, 5.41) is 18.4. The Bertz CT molecular complexity index is 469. The van der Waals surface area contributed by atoms with E-state index in [9.17, 15) is 14.9 Å². The number of nitrogens with zero attached hydrogens (tertiary/aromatic N) is 2. The van der Waals surface area contributed by atoms with Gasteiger partial charge in [-0.15, -0.1) is 0 Å². The Balaban J connectivity index is 3.09. The van der Waals surface area contributed by atoms with Gasteiger partial charge in [0.2, 0.25) is 5.69 Å². The van der Waals surface area contributed by atoms with Crippen LogP contribution >= 0.6 is 0 Å². The fraction of sp³-hybridized carbons (Fsp3) is 0.500. The smallest absolute Gasteiger partial charge is 0.322 e. The van der Waals surface area contributed by atoms with Crippen molar-refractivity contribution in [3.8, 4) is 0 Å². The van der Waals surface area contributed by atoms with Gasteiger partial charge in [0.1, 0.15) is 5.69 Å². The molecule has 0 aliphatic carbocycles. The molecule has 0 aliphatic heterocycles. The molecule has 0 saturated heterocycles. The molecule has 0 bridgehead atoms. The Morgan fingerprint density at radius 2 is 2.53 bits per heavy atom. The minimum atomic E-state index is -2.71. The summed E-state index contributed by atoms with van der Waals surface area (Å²) in [5.41, 5.74) is -0.781. The van der Waals surface area contributed by atoms with Crippen molar-refractivity contribution >= 4 is 11.6 Å². The third kappa shape index (κ3) is 2.12. The maximum atomic E-state index is 11.6. The van der Waals surface area contributed by atoms with Gasteiger partial charge >= 0.3 is 5.69 Å². The molecule has 2 N–H and O–H groups in total. The topological polar surface area (TPSA) is 101 Å². The van der Waals surface area contributed by atoms with Crippen LogP contribution in [0, 0.1) is 10.1 Å². The van der Waals surface area contributed by atoms with Gasteiger partial charge in [-0.05, 0) is 6.42 Å². The number of nitro groups is 1. The van der Waals surface area contributed by atoms with Crippen molar-refractivity contribution in [3.63, 3.8) is 0 Å². The zero-order valence-corrected chi connectivity index (χ0v) is 8.03. The third-order valence-electron chi connectivity index (χ3n) is 1.82. The number of aromatic nitrogens is 2. The van der Waals surface area contributed by atoms with E-state index >= 15 is 0 Å². The van der Waals surface area contributed by atoms with Crippen molar-refractivity contribution in [2.75, 3.05) is 6.98 Å². The summed E-state index contributed by atoms with van der Waals surface area (Å²) in [7, 11) is 0. The van der Waals surface area contributed by atoms with Gasteiger partial charge in [0.25, 0.3) is 5.91 Å². The molecule has 0 atom stereocenters. The number of nitrogens with one attached hydrogen (secondary N) is 2. The summed E-state index contributed by atoms with van der Waals surface area (Å²) in [4.78, 5) is 21.7. The van der Waals surface area contributed by atoms with Crippen LogP contribution in [0.1, 0.15) is 33.6 Å². The molecule has 0 aromatic carbocycles. The maximum Gasteiger partial charge on any atom is 0.322 e. The molecule has 1 rings (SSSR count). The lowest BCUT2D eigenvalue weighted by Crippen LogP contribution is -2.19. The lowest BCUT2D eigenvalue weighted by molar-refractivity contribution is -0.385. The highest BCUT2D eigenvalue weighted by atomic mass is 16.6. The lowest BCUT2D eigenvalue weighted by atomic mass is 10.2. The van der Waals surface area contributed by atoms with Gasteiger partial charge in [0.05, 0.1) is 4.92 Å². The number of carbonyl (C=O) groups is 1. The van der Waals surface area contributed by atoms with Crippen LogP contribution in [0.4, 0.5) is 5.69 Å². The minimum Gasteiger partial charge on any atom is -0.354 e. The Kier molecular flexibility index (Phi) is 2.23. The van der Waals surface area contributed by atoms with Crippen LogP contribution in [-0.4, -0.2) is 28.0 Å². The quantitative estimate of drug-likeness (QED) is 0.568. The molecule has 0 aliphatic rings. The van der Waals surface area contributed by atoms with Crippen molar-refractivity contribution in [3.05, 3.63) is 21.5 Å². The van der Waals surface area contributed by atoms with Crippen LogP contribution < -0.4 is 5.32 Å². The monoisotopic (exact) mass is 215 g/mol. The number of carbonyl (C=O) groups excluding carboxylic acids is 1. The molecular weight excluding hydrogens is 200 g/mol. The predicted molar refractivity (Wildman–Crippen MR) is 52.6 cm³/mol. The summed E-state index contributed by atoms with van der Waals surface area (Å²) in [6.07, 6.45) is 0.944.